The summed E-state index contributed by atoms with van der Waals surface area (Å²) in [5.74, 6) is 7.18. The van der Waals surface area contributed by atoms with Gasteiger partial charge in [-0.3, -0.25) is 9.78 Å². The van der Waals surface area contributed by atoms with Crippen molar-refractivity contribution in [3.8, 4) is 11.8 Å². The summed E-state index contributed by atoms with van der Waals surface area (Å²) in [4.78, 5) is 21.8. The number of aliphatic hydroxyl groups is 1. The number of anilines is 1. The van der Waals surface area contributed by atoms with Crippen LogP contribution in [0.5, 0.6) is 0 Å². The number of carbonyl (C=O) groups excluding carboxylic acids is 1. The molecule has 0 spiro atoms. The van der Waals surface area contributed by atoms with Crippen LogP contribution in [-0.4, -0.2) is 47.1 Å². The van der Waals surface area contributed by atoms with Gasteiger partial charge in [-0.05, 0) is 55.2 Å². The molecule has 5 heteroatoms. The molecule has 3 heterocycles. The second-order valence-electron chi connectivity index (χ2n) is 9.04. The van der Waals surface area contributed by atoms with E-state index in [0.29, 0.717) is 5.91 Å². The van der Waals surface area contributed by atoms with Gasteiger partial charge in [0, 0.05) is 54.6 Å². The fourth-order valence-electron chi connectivity index (χ4n) is 5.77. The third-order valence-electron chi connectivity index (χ3n) is 7.35. The van der Waals surface area contributed by atoms with Crippen LogP contribution in [0.3, 0.4) is 0 Å². The Hall–Kier alpha value is -2.84. The van der Waals surface area contributed by atoms with Crippen LogP contribution in [0.2, 0.25) is 0 Å². The van der Waals surface area contributed by atoms with Gasteiger partial charge in [-0.25, -0.2) is 0 Å². The summed E-state index contributed by atoms with van der Waals surface area (Å²) < 4.78 is 0. The van der Waals surface area contributed by atoms with Crippen LogP contribution in [0.1, 0.15) is 54.8 Å². The maximum atomic E-state index is 13.4. The molecular formula is C26H29N3O2. The summed E-state index contributed by atoms with van der Waals surface area (Å²) in [5, 5.41) is 10.2. The van der Waals surface area contributed by atoms with Gasteiger partial charge in [0.15, 0.2) is 0 Å². The zero-order valence-electron chi connectivity index (χ0n) is 18.0. The van der Waals surface area contributed by atoms with E-state index in [-0.39, 0.29) is 30.5 Å². The van der Waals surface area contributed by atoms with Gasteiger partial charge in [0.05, 0.1) is 18.7 Å². The van der Waals surface area contributed by atoms with E-state index in [1.807, 2.05) is 18.2 Å². The van der Waals surface area contributed by atoms with E-state index in [0.717, 1.165) is 55.5 Å². The minimum Gasteiger partial charge on any atom is -0.394 e. The lowest BCUT2D eigenvalue weighted by atomic mass is 9.81. The number of fused-ring (bicyclic) bond motifs is 3. The third kappa shape index (κ3) is 3.59. The molecule has 1 amide bonds. The van der Waals surface area contributed by atoms with Crippen molar-refractivity contribution in [3.63, 3.8) is 0 Å². The summed E-state index contributed by atoms with van der Waals surface area (Å²) in [7, 11) is 2.05. The lowest BCUT2D eigenvalue weighted by Gasteiger charge is -2.44. The first kappa shape index (κ1) is 20.1. The highest BCUT2D eigenvalue weighted by Gasteiger charge is 2.48. The Morgan fingerprint density at radius 2 is 1.97 bits per heavy atom. The van der Waals surface area contributed by atoms with Crippen LogP contribution < -0.4 is 4.90 Å². The molecule has 5 rings (SSSR count). The van der Waals surface area contributed by atoms with Crippen molar-refractivity contribution in [3.05, 3.63) is 59.4 Å². The highest BCUT2D eigenvalue weighted by atomic mass is 16.3. The number of likely N-dealkylation sites (N-methyl/N-ethyl adjacent to an activating group) is 1. The number of likely N-dealkylation sites (tertiary alicyclic amines) is 1. The quantitative estimate of drug-likeness (QED) is 0.764. The van der Waals surface area contributed by atoms with Crippen molar-refractivity contribution in [2.24, 2.45) is 11.8 Å². The van der Waals surface area contributed by atoms with Crippen LogP contribution in [0.15, 0.2) is 42.7 Å². The number of carbonyl (C=O) groups is 1. The Balaban J connectivity index is 1.53. The summed E-state index contributed by atoms with van der Waals surface area (Å²) in [6.45, 7) is 0.880. The van der Waals surface area contributed by atoms with Gasteiger partial charge in [0.1, 0.15) is 0 Å². The first-order valence-corrected chi connectivity index (χ1v) is 11.4. The van der Waals surface area contributed by atoms with Gasteiger partial charge >= 0.3 is 0 Å². The zero-order chi connectivity index (χ0) is 21.4. The van der Waals surface area contributed by atoms with Crippen LogP contribution in [0, 0.1) is 23.7 Å². The van der Waals surface area contributed by atoms with Crippen LogP contribution in [0.4, 0.5) is 5.69 Å². The SMILES string of the molecule is CN1c2ccc(C#Cc3cccnc3)cc2[C@H]2[C@H](CCN2C(=O)C2CCCC2)[C@H]1CO. The molecule has 31 heavy (non-hydrogen) atoms. The summed E-state index contributed by atoms with van der Waals surface area (Å²) in [6.07, 6.45) is 8.78. The largest absolute Gasteiger partial charge is 0.394 e. The smallest absolute Gasteiger partial charge is 0.226 e. The highest BCUT2D eigenvalue weighted by molar-refractivity contribution is 5.81. The molecule has 2 fully saturated rings. The van der Waals surface area contributed by atoms with Gasteiger partial charge in [-0.15, -0.1) is 0 Å². The fraction of sp³-hybridized carbons (Fsp3) is 0.462. The number of amides is 1. The van der Waals surface area contributed by atoms with Crippen molar-refractivity contribution in [2.45, 2.75) is 44.2 Å². The molecule has 2 aliphatic heterocycles. The first-order valence-electron chi connectivity index (χ1n) is 11.4. The van der Waals surface area contributed by atoms with E-state index >= 15 is 0 Å². The Bertz CT molecular complexity index is 1020. The van der Waals surface area contributed by atoms with E-state index in [1.165, 1.54) is 5.56 Å². The van der Waals surface area contributed by atoms with Crippen molar-refractivity contribution < 1.29 is 9.90 Å². The summed E-state index contributed by atoms with van der Waals surface area (Å²) >= 11 is 0. The van der Waals surface area contributed by atoms with Gasteiger partial charge in [-0.1, -0.05) is 24.7 Å². The molecule has 1 aliphatic carbocycles. The molecule has 5 nitrogen and oxygen atoms in total. The second-order valence-corrected chi connectivity index (χ2v) is 9.04. The normalized spacial score (nSPS) is 25.0. The second kappa shape index (κ2) is 8.36. The number of aliphatic hydroxyl groups excluding tert-OH is 1. The number of nitrogens with zero attached hydrogens (tertiary/aromatic N) is 3. The average Bonchev–Trinajstić information content (AvgIpc) is 3.49. The van der Waals surface area contributed by atoms with Gasteiger partial charge in [-0.2, -0.15) is 0 Å². The molecular weight excluding hydrogens is 386 g/mol. The van der Waals surface area contributed by atoms with Gasteiger partial charge in [0.25, 0.3) is 0 Å². The topological polar surface area (TPSA) is 56.7 Å². The van der Waals surface area contributed by atoms with E-state index < -0.39 is 0 Å². The van der Waals surface area contributed by atoms with E-state index in [1.54, 1.807) is 12.4 Å². The number of hydrogen-bond donors (Lipinski definition) is 1. The summed E-state index contributed by atoms with van der Waals surface area (Å²) in [5.41, 5.74) is 4.09. The lowest BCUT2D eigenvalue weighted by Crippen LogP contribution is -2.48. The van der Waals surface area contributed by atoms with Crippen molar-refractivity contribution >= 4 is 11.6 Å². The Morgan fingerprint density at radius 3 is 2.71 bits per heavy atom. The average molecular weight is 416 g/mol. The number of aromatic nitrogens is 1. The number of hydrogen-bond acceptors (Lipinski definition) is 4. The molecule has 1 N–H and O–H groups in total. The first-order chi connectivity index (χ1) is 15.2. The van der Waals surface area contributed by atoms with E-state index in [2.05, 4.69) is 45.8 Å². The lowest BCUT2D eigenvalue weighted by molar-refractivity contribution is -0.136. The van der Waals surface area contributed by atoms with Crippen LogP contribution in [0.25, 0.3) is 0 Å². The standard InChI is InChI=1S/C26H29N3O2/c1-28-23-11-10-18(8-9-19-5-4-13-27-16-19)15-22(23)25-21(24(28)17-30)12-14-29(25)26(31)20-6-2-3-7-20/h4-5,10-11,13,15-16,20-21,24-25,30H,2-3,6-7,12,14,17H2,1H3/t21-,24-,25-/m1/s1. The van der Waals surface area contributed by atoms with Crippen molar-refractivity contribution in [1.29, 1.82) is 0 Å². The van der Waals surface area contributed by atoms with Gasteiger partial charge < -0.3 is 14.9 Å². The Labute approximate surface area is 184 Å². The Morgan fingerprint density at radius 1 is 1.16 bits per heavy atom. The molecule has 0 radical (unpaired) electrons. The summed E-state index contributed by atoms with van der Waals surface area (Å²) in [6, 6.07) is 10.2. The van der Waals surface area contributed by atoms with Crippen LogP contribution in [-0.2, 0) is 4.79 Å². The maximum Gasteiger partial charge on any atom is 0.226 e. The van der Waals surface area contributed by atoms with Crippen LogP contribution >= 0.6 is 0 Å². The predicted molar refractivity (Wildman–Crippen MR) is 120 cm³/mol. The number of pyridine rings is 1. The van der Waals surface area contributed by atoms with Crippen molar-refractivity contribution in [2.75, 3.05) is 25.1 Å². The van der Waals surface area contributed by atoms with Gasteiger partial charge in [0.2, 0.25) is 5.91 Å². The molecule has 3 atom stereocenters. The minimum absolute atomic E-state index is 0.0246. The molecule has 1 saturated heterocycles. The zero-order valence-corrected chi connectivity index (χ0v) is 18.0. The fourth-order valence-corrected chi connectivity index (χ4v) is 5.77. The predicted octanol–water partition coefficient (Wildman–Crippen LogP) is 3.37. The molecule has 1 aromatic heterocycles. The van der Waals surface area contributed by atoms with Crippen molar-refractivity contribution in [1.82, 2.24) is 9.88 Å². The number of rotatable bonds is 2. The maximum absolute atomic E-state index is 13.4. The monoisotopic (exact) mass is 415 g/mol. The number of benzene rings is 1. The molecule has 1 aromatic carbocycles. The Kier molecular flexibility index (Phi) is 5.41. The van der Waals surface area contributed by atoms with E-state index in [4.69, 9.17) is 0 Å². The molecule has 3 aliphatic rings. The van der Waals surface area contributed by atoms with E-state index in [9.17, 15) is 9.90 Å². The highest BCUT2D eigenvalue weighted by Crippen LogP contribution is 2.49. The third-order valence-corrected chi connectivity index (χ3v) is 7.35. The minimum atomic E-state index is 0.0246. The molecule has 160 valence electrons. The molecule has 2 aromatic rings. The molecule has 0 bridgehead atoms. The molecule has 0 unspecified atom stereocenters. The molecule has 1 saturated carbocycles.